The number of likely N-dealkylation sites (tertiary alicyclic amines) is 1. The Bertz CT molecular complexity index is 588. The number of aryl methyl sites for hydroxylation is 1. The van der Waals surface area contributed by atoms with Gasteiger partial charge in [-0.05, 0) is 43.9 Å². The zero-order valence-corrected chi connectivity index (χ0v) is 16.8. The molecule has 0 radical (unpaired) electrons. The van der Waals surface area contributed by atoms with Crippen molar-refractivity contribution in [3.05, 3.63) is 35.1 Å². The summed E-state index contributed by atoms with van der Waals surface area (Å²) in [5.74, 6) is 0.767. The Kier molecular flexibility index (Phi) is 6.86. The third-order valence-electron chi connectivity index (χ3n) is 4.91. The van der Waals surface area contributed by atoms with Gasteiger partial charge in [-0.15, -0.1) is 24.0 Å². The molecule has 0 bridgehead atoms. The van der Waals surface area contributed by atoms with Crippen molar-refractivity contribution in [3.63, 3.8) is 0 Å². The largest absolute Gasteiger partial charge is 0.381 e. The number of ether oxygens (including phenoxy) is 1. The van der Waals surface area contributed by atoms with E-state index in [0.29, 0.717) is 17.5 Å². The predicted octanol–water partition coefficient (Wildman–Crippen LogP) is 3.33. The van der Waals surface area contributed by atoms with Crippen LogP contribution in [0.1, 0.15) is 30.9 Å². The van der Waals surface area contributed by atoms with E-state index in [1.807, 2.05) is 12.1 Å². The lowest BCUT2D eigenvalue weighted by atomic mass is 9.87. The molecule has 2 saturated heterocycles. The monoisotopic (exact) mass is 447 g/mol. The van der Waals surface area contributed by atoms with E-state index in [4.69, 9.17) is 9.73 Å². The van der Waals surface area contributed by atoms with E-state index in [1.54, 1.807) is 13.0 Å². The zero-order chi connectivity index (χ0) is 16.3. The van der Waals surface area contributed by atoms with Crippen molar-refractivity contribution >= 4 is 29.9 Å². The van der Waals surface area contributed by atoms with Gasteiger partial charge in [0.15, 0.2) is 5.96 Å². The average molecular weight is 447 g/mol. The van der Waals surface area contributed by atoms with Crippen LogP contribution >= 0.6 is 24.0 Å². The molecule has 4 nitrogen and oxygen atoms in total. The second-order valence-electron chi connectivity index (χ2n) is 6.73. The first kappa shape index (κ1) is 19.4. The van der Waals surface area contributed by atoms with Gasteiger partial charge in [-0.3, -0.25) is 0 Å². The Hall–Kier alpha value is -0.890. The zero-order valence-electron chi connectivity index (χ0n) is 14.5. The molecule has 0 amide bonds. The normalized spacial score (nSPS) is 23.6. The Morgan fingerprint density at radius 1 is 1.42 bits per heavy atom. The fourth-order valence-corrected chi connectivity index (χ4v) is 3.41. The van der Waals surface area contributed by atoms with Crippen LogP contribution in [0.3, 0.4) is 0 Å². The summed E-state index contributed by atoms with van der Waals surface area (Å²) in [7, 11) is 0. The first-order chi connectivity index (χ1) is 11.1. The van der Waals surface area contributed by atoms with Crippen LogP contribution < -0.4 is 5.32 Å². The molecule has 1 atom stereocenters. The van der Waals surface area contributed by atoms with Gasteiger partial charge in [0.25, 0.3) is 0 Å². The number of halogens is 2. The molecule has 0 aromatic heterocycles. The third-order valence-corrected chi connectivity index (χ3v) is 4.91. The van der Waals surface area contributed by atoms with E-state index in [1.165, 1.54) is 0 Å². The van der Waals surface area contributed by atoms with Crippen molar-refractivity contribution in [2.45, 2.75) is 33.2 Å². The fraction of sp³-hybridized carbons (Fsp3) is 0.611. The van der Waals surface area contributed by atoms with Crippen molar-refractivity contribution in [3.8, 4) is 0 Å². The van der Waals surface area contributed by atoms with Crippen LogP contribution in [-0.4, -0.2) is 43.7 Å². The lowest BCUT2D eigenvalue weighted by Gasteiger charge is -2.25. The number of nitrogens with one attached hydrogen (secondary N) is 1. The van der Waals surface area contributed by atoms with Gasteiger partial charge < -0.3 is 15.0 Å². The summed E-state index contributed by atoms with van der Waals surface area (Å²) in [4.78, 5) is 7.04. The quantitative estimate of drug-likeness (QED) is 0.439. The standard InChI is InChI=1S/C18H26FN3O.HI/c1-3-20-17(21-11-15-5-4-14(2)16(19)10-15)22-8-6-18(12-22)7-9-23-13-18;/h4-5,10H,3,6-9,11-13H2,1-2H3,(H,20,21);1H. The van der Waals surface area contributed by atoms with Crippen LogP contribution in [0.15, 0.2) is 23.2 Å². The van der Waals surface area contributed by atoms with E-state index in [-0.39, 0.29) is 29.8 Å². The predicted molar refractivity (Wildman–Crippen MR) is 105 cm³/mol. The summed E-state index contributed by atoms with van der Waals surface area (Å²) in [6.07, 6.45) is 2.31. The molecular formula is C18H27FIN3O. The molecule has 1 spiro atoms. The maximum atomic E-state index is 13.7. The smallest absolute Gasteiger partial charge is 0.194 e. The van der Waals surface area contributed by atoms with Gasteiger partial charge in [0, 0.05) is 31.7 Å². The minimum Gasteiger partial charge on any atom is -0.381 e. The maximum absolute atomic E-state index is 13.7. The van der Waals surface area contributed by atoms with Crippen molar-refractivity contribution in [2.75, 3.05) is 32.8 Å². The third kappa shape index (κ3) is 4.39. The van der Waals surface area contributed by atoms with E-state index in [9.17, 15) is 4.39 Å². The molecule has 2 aliphatic rings. The SMILES string of the molecule is CCNC(=NCc1ccc(C)c(F)c1)N1CCC2(CCOC2)C1.I. The van der Waals surface area contributed by atoms with Gasteiger partial charge in [-0.2, -0.15) is 0 Å². The van der Waals surface area contributed by atoms with E-state index >= 15 is 0 Å². The Labute approximate surface area is 160 Å². The van der Waals surface area contributed by atoms with Gasteiger partial charge in [0.2, 0.25) is 0 Å². The second kappa shape index (κ2) is 8.47. The van der Waals surface area contributed by atoms with Crippen molar-refractivity contribution in [1.29, 1.82) is 0 Å². The topological polar surface area (TPSA) is 36.9 Å². The molecule has 24 heavy (non-hydrogen) atoms. The molecule has 6 heteroatoms. The molecule has 2 aliphatic heterocycles. The summed E-state index contributed by atoms with van der Waals surface area (Å²) >= 11 is 0. The van der Waals surface area contributed by atoms with Crippen molar-refractivity contribution in [2.24, 2.45) is 10.4 Å². The van der Waals surface area contributed by atoms with Gasteiger partial charge in [-0.25, -0.2) is 9.38 Å². The number of aliphatic imine (C=N–C) groups is 1. The second-order valence-corrected chi connectivity index (χ2v) is 6.73. The molecule has 134 valence electrons. The molecule has 1 aromatic carbocycles. The Balaban J connectivity index is 0.00000208. The van der Waals surface area contributed by atoms with E-state index in [2.05, 4.69) is 17.1 Å². The molecular weight excluding hydrogens is 420 g/mol. The molecule has 2 heterocycles. The highest BCUT2D eigenvalue weighted by molar-refractivity contribution is 14.0. The Morgan fingerprint density at radius 3 is 2.92 bits per heavy atom. The average Bonchev–Trinajstić information content (AvgIpc) is 3.17. The molecule has 1 aromatic rings. The number of rotatable bonds is 3. The van der Waals surface area contributed by atoms with Crippen molar-refractivity contribution < 1.29 is 9.13 Å². The summed E-state index contributed by atoms with van der Waals surface area (Å²) in [6.45, 7) is 8.95. The number of nitrogens with zero attached hydrogens (tertiary/aromatic N) is 2. The molecule has 1 N–H and O–H groups in total. The number of hydrogen-bond acceptors (Lipinski definition) is 2. The molecule has 1 unspecified atom stereocenters. The number of benzene rings is 1. The number of hydrogen-bond donors (Lipinski definition) is 1. The lowest BCUT2D eigenvalue weighted by molar-refractivity contribution is 0.156. The summed E-state index contributed by atoms with van der Waals surface area (Å²) in [5, 5.41) is 3.37. The van der Waals surface area contributed by atoms with Crippen molar-refractivity contribution in [1.82, 2.24) is 10.2 Å². The van der Waals surface area contributed by atoms with Crippen LogP contribution in [0.2, 0.25) is 0 Å². The van der Waals surface area contributed by atoms with Crippen LogP contribution in [0.4, 0.5) is 4.39 Å². The minimum absolute atomic E-state index is 0. The Morgan fingerprint density at radius 2 is 2.25 bits per heavy atom. The van der Waals surface area contributed by atoms with Crippen LogP contribution in [0.25, 0.3) is 0 Å². The van der Waals surface area contributed by atoms with Gasteiger partial charge in [-0.1, -0.05) is 12.1 Å². The first-order valence-electron chi connectivity index (χ1n) is 8.48. The van der Waals surface area contributed by atoms with E-state index in [0.717, 1.165) is 57.2 Å². The molecule has 3 rings (SSSR count). The maximum Gasteiger partial charge on any atom is 0.194 e. The lowest BCUT2D eigenvalue weighted by Crippen LogP contribution is -2.41. The highest BCUT2D eigenvalue weighted by atomic mass is 127. The highest BCUT2D eigenvalue weighted by Crippen LogP contribution is 2.38. The minimum atomic E-state index is -0.161. The summed E-state index contributed by atoms with van der Waals surface area (Å²) in [5.41, 5.74) is 1.89. The highest BCUT2D eigenvalue weighted by Gasteiger charge is 2.42. The molecule has 0 aliphatic carbocycles. The molecule has 2 fully saturated rings. The number of guanidine groups is 1. The van der Waals surface area contributed by atoms with Gasteiger partial charge in [0.05, 0.1) is 13.2 Å². The summed E-state index contributed by atoms with van der Waals surface area (Å²) < 4.78 is 19.3. The van der Waals surface area contributed by atoms with Gasteiger partial charge in [0.1, 0.15) is 5.82 Å². The first-order valence-corrected chi connectivity index (χ1v) is 8.48. The van der Waals surface area contributed by atoms with E-state index < -0.39 is 0 Å². The fourth-order valence-electron chi connectivity index (χ4n) is 3.41. The summed E-state index contributed by atoms with van der Waals surface area (Å²) in [6, 6.07) is 5.34. The molecule has 0 saturated carbocycles. The van der Waals surface area contributed by atoms with Gasteiger partial charge >= 0.3 is 0 Å². The van der Waals surface area contributed by atoms with Crippen LogP contribution in [0, 0.1) is 18.2 Å². The van der Waals surface area contributed by atoms with Crippen LogP contribution in [-0.2, 0) is 11.3 Å². The van der Waals surface area contributed by atoms with Crippen LogP contribution in [0.5, 0.6) is 0 Å².